The lowest BCUT2D eigenvalue weighted by atomic mass is 10.7. The highest BCUT2D eigenvalue weighted by molar-refractivity contribution is 8.01. The quantitative estimate of drug-likeness (QED) is 0.420. The summed E-state index contributed by atoms with van der Waals surface area (Å²) in [5.74, 6) is -0.535. The van der Waals surface area contributed by atoms with Crippen molar-refractivity contribution in [2.75, 3.05) is 6.54 Å². The largest absolute Gasteiger partial charge is 0.328 e. The zero-order valence-electron chi connectivity index (χ0n) is 4.73. The number of aliphatic imine (C=N–C) groups is 1. The first-order chi connectivity index (χ1) is 4.50. The standard InChI is InChI=1S/C3H4N2O4S/c6-2-1-4-3(5-2)10(7,8)9/h1H2,(H,4,5,6)(H,7,8,9). The molecule has 0 aliphatic carbocycles. The van der Waals surface area contributed by atoms with Crippen molar-refractivity contribution in [1.29, 1.82) is 0 Å². The molecule has 1 aliphatic rings. The summed E-state index contributed by atoms with van der Waals surface area (Å²) in [5.41, 5.74) is 0. The molecule has 1 aliphatic heterocycles. The molecule has 0 atom stereocenters. The number of hydrogen-bond donors (Lipinski definition) is 2. The summed E-state index contributed by atoms with van der Waals surface area (Å²) in [5, 5.41) is 1.20. The summed E-state index contributed by atoms with van der Waals surface area (Å²) in [4.78, 5) is 13.5. The summed E-state index contributed by atoms with van der Waals surface area (Å²) in [7, 11) is -4.32. The van der Waals surface area contributed by atoms with Crippen molar-refractivity contribution in [2.45, 2.75) is 0 Å². The van der Waals surface area contributed by atoms with Gasteiger partial charge in [0.05, 0.1) is 0 Å². The minimum absolute atomic E-state index is 0.241. The van der Waals surface area contributed by atoms with E-state index in [2.05, 4.69) is 4.99 Å². The Hall–Kier alpha value is -0.950. The summed E-state index contributed by atoms with van der Waals surface area (Å²) >= 11 is 0. The second-order valence-corrected chi connectivity index (χ2v) is 2.98. The van der Waals surface area contributed by atoms with Gasteiger partial charge in [-0.3, -0.25) is 14.7 Å². The van der Waals surface area contributed by atoms with E-state index in [-0.39, 0.29) is 6.54 Å². The molecule has 1 heterocycles. The number of carbonyl (C=O) groups is 1. The van der Waals surface area contributed by atoms with Crippen LogP contribution < -0.4 is 5.32 Å². The van der Waals surface area contributed by atoms with Gasteiger partial charge in [0.1, 0.15) is 6.54 Å². The SMILES string of the molecule is O=C1CN=C(S(=O)(=O)O)N1. The highest BCUT2D eigenvalue weighted by atomic mass is 32.2. The zero-order chi connectivity index (χ0) is 7.78. The Balaban J connectivity index is 2.89. The molecule has 0 aromatic carbocycles. The average molecular weight is 164 g/mol. The Labute approximate surface area is 56.7 Å². The lowest BCUT2D eigenvalue weighted by molar-refractivity contribution is -0.117. The number of amidine groups is 1. The minimum atomic E-state index is -4.32. The molecular formula is C3H4N2O4S. The van der Waals surface area contributed by atoms with E-state index in [1.807, 2.05) is 5.32 Å². The second kappa shape index (κ2) is 2.03. The molecule has 1 amide bonds. The summed E-state index contributed by atoms with van der Waals surface area (Å²) < 4.78 is 28.6. The normalized spacial score (nSPS) is 18.5. The molecular weight excluding hydrogens is 160 g/mol. The van der Waals surface area contributed by atoms with E-state index in [0.29, 0.717) is 0 Å². The predicted octanol–water partition coefficient (Wildman–Crippen LogP) is -1.64. The van der Waals surface area contributed by atoms with Gasteiger partial charge in [0.15, 0.2) is 0 Å². The fourth-order valence-electron chi connectivity index (χ4n) is 0.488. The van der Waals surface area contributed by atoms with Crippen LogP contribution in [-0.2, 0) is 14.9 Å². The molecule has 0 saturated heterocycles. The Bertz CT molecular complexity index is 290. The first-order valence-corrected chi connectivity index (χ1v) is 3.76. The van der Waals surface area contributed by atoms with Gasteiger partial charge in [0.2, 0.25) is 5.91 Å². The average Bonchev–Trinajstić information content (AvgIpc) is 2.11. The van der Waals surface area contributed by atoms with Crippen molar-refractivity contribution in [3.8, 4) is 0 Å². The van der Waals surface area contributed by atoms with Crippen LogP contribution in [0.15, 0.2) is 4.99 Å². The molecule has 6 nitrogen and oxygen atoms in total. The molecule has 10 heavy (non-hydrogen) atoms. The molecule has 0 saturated carbocycles. The van der Waals surface area contributed by atoms with E-state index >= 15 is 0 Å². The molecule has 0 aromatic heterocycles. The van der Waals surface area contributed by atoms with Gasteiger partial charge in [-0.15, -0.1) is 0 Å². The van der Waals surface area contributed by atoms with E-state index in [1.165, 1.54) is 0 Å². The van der Waals surface area contributed by atoms with Gasteiger partial charge in [-0.05, 0) is 0 Å². The van der Waals surface area contributed by atoms with E-state index < -0.39 is 21.2 Å². The molecule has 0 fully saturated rings. The van der Waals surface area contributed by atoms with Gasteiger partial charge in [-0.1, -0.05) is 0 Å². The molecule has 56 valence electrons. The number of hydrogen-bond acceptors (Lipinski definition) is 4. The molecule has 0 radical (unpaired) electrons. The second-order valence-electron chi connectivity index (χ2n) is 1.64. The molecule has 0 aromatic rings. The van der Waals surface area contributed by atoms with Gasteiger partial charge in [-0.25, -0.2) is 4.99 Å². The van der Waals surface area contributed by atoms with Crippen molar-refractivity contribution in [3.05, 3.63) is 0 Å². The Morgan fingerprint density at radius 2 is 2.20 bits per heavy atom. The predicted molar refractivity (Wildman–Crippen MR) is 32.0 cm³/mol. The maximum absolute atomic E-state index is 10.3. The molecule has 1 rings (SSSR count). The molecule has 0 unspecified atom stereocenters. The maximum Gasteiger partial charge on any atom is 0.328 e. The van der Waals surface area contributed by atoms with Crippen LogP contribution in [0.1, 0.15) is 0 Å². The van der Waals surface area contributed by atoms with Crippen molar-refractivity contribution < 1.29 is 17.8 Å². The number of rotatable bonds is 0. The number of nitrogens with one attached hydrogen (secondary N) is 1. The fraction of sp³-hybridized carbons (Fsp3) is 0.333. The number of nitrogens with zero attached hydrogens (tertiary/aromatic N) is 1. The number of carbonyl (C=O) groups excluding carboxylic acids is 1. The maximum atomic E-state index is 10.3. The first kappa shape index (κ1) is 7.16. The fourth-order valence-corrected chi connectivity index (χ4v) is 0.958. The van der Waals surface area contributed by atoms with Gasteiger partial charge in [0, 0.05) is 0 Å². The van der Waals surface area contributed by atoms with Gasteiger partial charge in [0.25, 0.3) is 5.17 Å². The lowest BCUT2D eigenvalue weighted by Gasteiger charge is -1.92. The van der Waals surface area contributed by atoms with Crippen LogP contribution in [0.4, 0.5) is 0 Å². The highest BCUT2D eigenvalue weighted by Crippen LogP contribution is 1.92. The van der Waals surface area contributed by atoms with Crippen LogP contribution in [0, 0.1) is 0 Å². The Morgan fingerprint density at radius 3 is 2.40 bits per heavy atom. The molecule has 0 bridgehead atoms. The minimum Gasteiger partial charge on any atom is -0.298 e. The Kier molecular flexibility index (Phi) is 1.45. The van der Waals surface area contributed by atoms with Gasteiger partial charge in [-0.2, -0.15) is 8.42 Å². The Morgan fingerprint density at radius 1 is 1.60 bits per heavy atom. The van der Waals surface area contributed by atoms with E-state index in [4.69, 9.17) is 4.55 Å². The third-order valence-electron chi connectivity index (χ3n) is 0.857. The smallest absolute Gasteiger partial charge is 0.298 e. The topological polar surface area (TPSA) is 95.8 Å². The van der Waals surface area contributed by atoms with Gasteiger partial charge < -0.3 is 0 Å². The van der Waals surface area contributed by atoms with Crippen molar-refractivity contribution >= 4 is 21.2 Å². The van der Waals surface area contributed by atoms with Crippen LogP contribution in [-0.4, -0.2) is 30.6 Å². The summed E-state index contributed by atoms with van der Waals surface area (Å²) in [6, 6.07) is 0. The van der Waals surface area contributed by atoms with E-state index in [1.54, 1.807) is 0 Å². The highest BCUT2D eigenvalue weighted by Gasteiger charge is 2.23. The molecule has 7 heteroatoms. The van der Waals surface area contributed by atoms with Crippen molar-refractivity contribution in [3.63, 3.8) is 0 Å². The van der Waals surface area contributed by atoms with Crippen molar-refractivity contribution in [2.24, 2.45) is 4.99 Å². The van der Waals surface area contributed by atoms with Crippen LogP contribution in [0.2, 0.25) is 0 Å². The lowest BCUT2D eigenvalue weighted by Crippen LogP contribution is -2.30. The van der Waals surface area contributed by atoms with Crippen LogP contribution in [0.5, 0.6) is 0 Å². The van der Waals surface area contributed by atoms with E-state index in [9.17, 15) is 13.2 Å². The molecule has 2 N–H and O–H groups in total. The first-order valence-electron chi connectivity index (χ1n) is 2.32. The summed E-state index contributed by atoms with van der Waals surface area (Å²) in [6.45, 7) is -0.241. The van der Waals surface area contributed by atoms with E-state index in [0.717, 1.165) is 0 Å². The third kappa shape index (κ3) is 1.31. The van der Waals surface area contributed by atoms with Crippen LogP contribution in [0.3, 0.4) is 0 Å². The number of amides is 1. The third-order valence-corrected chi connectivity index (χ3v) is 1.58. The summed E-state index contributed by atoms with van der Waals surface area (Å²) in [6.07, 6.45) is 0. The zero-order valence-corrected chi connectivity index (χ0v) is 5.55. The molecule has 0 spiro atoms. The van der Waals surface area contributed by atoms with Crippen molar-refractivity contribution in [1.82, 2.24) is 5.32 Å². The van der Waals surface area contributed by atoms with Crippen LogP contribution >= 0.6 is 0 Å². The monoisotopic (exact) mass is 164 g/mol. The van der Waals surface area contributed by atoms with Crippen LogP contribution in [0.25, 0.3) is 0 Å². The van der Waals surface area contributed by atoms with Gasteiger partial charge >= 0.3 is 10.1 Å².